The van der Waals surface area contributed by atoms with Crippen LogP contribution >= 0.6 is 24.8 Å². The van der Waals surface area contributed by atoms with Gasteiger partial charge in [-0.25, -0.2) is 5.90 Å². The number of hydrogen-bond acceptors (Lipinski definition) is 3. The van der Waals surface area contributed by atoms with Gasteiger partial charge >= 0.3 is 0 Å². The molecule has 0 saturated carbocycles. The third kappa shape index (κ3) is 3.88. The zero-order valence-electron chi connectivity index (χ0n) is 6.64. The minimum Gasteiger partial charge on any atom is -0.295 e. The average Bonchev–Trinajstić information content (AvgIpc) is 2.05. The van der Waals surface area contributed by atoms with Crippen molar-refractivity contribution in [3.8, 4) is 0 Å². The highest BCUT2D eigenvalue weighted by Crippen LogP contribution is 2.09. The van der Waals surface area contributed by atoms with Gasteiger partial charge in [0.15, 0.2) is 0 Å². The Morgan fingerprint density at radius 3 is 2.50 bits per heavy atom. The quantitative estimate of drug-likeness (QED) is 0.759. The summed E-state index contributed by atoms with van der Waals surface area (Å²) in [6.45, 7) is 1.85. The summed E-state index contributed by atoms with van der Waals surface area (Å²) in [4.78, 5) is 8.62. The highest BCUT2D eigenvalue weighted by molar-refractivity contribution is 5.85. The average molecular weight is 211 g/mol. The van der Waals surface area contributed by atoms with Crippen molar-refractivity contribution < 1.29 is 4.84 Å². The lowest BCUT2D eigenvalue weighted by molar-refractivity contribution is 0.0634. The number of halogens is 2. The first-order valence-corrected chi connectivity index (χ1v) is 3.11. The Hall–Kier alpha value is -0.350. The lowest BCUT2D eigenvalue weighted by Crippen LogP contribution is -2.06. The van der Waals surface area contributed by atoms with E-state index in [1.165, 1.54) is 0 Å². The number of aromatic nitrogens is 1. The minimum atomic E-state index is -0.124. The van der Waals surface area contributed by atoms with Gasteiger partial charge in [0.25, 0.3) is 0 Å². The van der Waals surface area contributed by atoms with Crippen molar-refractivity contribution in [1.82, 2.24) is 4.98 Å². The Morgan fingerprint density at radius 2 is 2.08 bits per heavy atom. The molecule has 0 aliphatic carbocycles. The second-order valence-electron chi connectivity index (χ2n) is 2.03. The molecule has 0 saturated heterocycles. The van der Waals surface area contributed by atoms with Crippen LogP contribution in [0.1, 0.15) is 18.7 Å². The molecule has 0 fully saturated rings. The molecule has 1 aromatic rings. The predicted molar refractivity (Wildman–Crippen MR) is 52.4 cm³/mol. The first-order valence-electron chi connectivity index (χ1n) is 3.11. The van der Waals surface area contributed by atoms with Crippen molar-refractivity contribution in [2.24, 2.45) is 5.90 Å². The van der Waals surface area contributed by atoms with E-state index in [2.05, 4.69) is 9.82 Å². The molecule has 5 heteroatoms. The van der Waals surface area contributed by atoms with Gasteiger partial charge in [0, 0.05) is 6.20 Å². The second-order valence-corrected chi connectivity index (χ2v) is 2.03. The molecule has 1 atom stereocenters. The smallest absolute Gasteiger partial charge is 0.118 e. The summed E-state index contributed by atoms with van der Waals surface area (Å²) in [6.07, 6.45) is 1.59. The van der Waals surface area contributed by atoms with Gasteiger partial charge in [0.2, 0.25) is 0 Å². The van der Waals surface area contributed by atoms with Crippen molar-refractivity contribution in [2.45, 2.75) is 13.0 Å². The normalized spacial score (nSPS) is 10.8. The van der Waals surface area contributed by atoms with Gasteiger partial charge in [-0.1, -0.05) is 6.07 Å². The molecule has 3 nitrogen and oxygen atoms in total. The third-order valence-electron chi connectivity index (χ3n) is 1.31. The molecule has 0 radical (unpaired) electrons. The van der Waals surface area contributed by atoms with E-state index in [9.17, 15) is 0 Å². The van der Waals surface area contributed by atoms with Crippen LogP contribution in [0, 0.1) is 0 Å². The molecule has 0 amide bonds. The predicted octanol–water partition coefficient (Wildman–Crippen LogP) is 1.88. The van der Waals surface area contributed by atoms with E-state index in [0.717, 1.165) is 5.69 Å². The van der Waals surface area contributed by atoms with Crippen molar-refractivity contribution in [1.29, 1.82) is 0 Å². The highest BCUT2D eigenvalue weighted by Gasteiger charge is 2.02. The Labute approximate surface area is 84.1 Å². The maximum absolute atomic E-state index is 4.96. The summed E-state index contributed by atoms with van der Waals surface area (Å²) < 4.78 is 0. The van der Waals surface area contributed by atoms with Crippen LogP contribution in [0.5, 0.6) is 0 Å². The first kappa shape index (κ1) is 14.2. The molecular formula is C7H12Cl2N2O. The Bertz CT molecular complexity index is 196. The summed E-state index contributed by atoms with van der Waals surface area (Å²) in [6, 6.07) is 5.63. The van der Waals surface area contributed by atoms with Crippen molar-refractivity contribution in [3.63, 3.8) is 0 Å². The molecule has 2 N–H and O–H groups in total. The number of hydrogen-bond donors (Lipinski definition) is 1. The fourth-order valence-corrected chi connectivity index (χ4v) is 0.686. The van der Waals surface area contributed by atoms with Crippen LogP contribution in [-0.2, 0) is 4.84 Å². The third-order valence-corrected chi connectivity index (χ3v) is 1.31. The van der Waals surface area contributed by atoms with Gasteiger partial charge in [0.05, 0.1) is 5.69 Å². The molecule has 70 valence electrons. The topological polar surface area (TPSA) is 48.1 Å². The Kier molecular flexibility index (Phi) is 8.64. The second kappa shape index (κ2) is 7.31. The van der Waals surface area contributed by atoms with E-state index in [1.807, 2.05) is 25.1 Å². The molecule has 1 rings (SSSR count). The summed E-state index contributed by atoms with van der Waals surface area (Å²) in [5.74, 6) is 4.96. The van der Waals surface area contributed by atoms with E-state index >= 15 is 0 Å². The Morgan fingerprint density at radius 1 is 1.42 bits per heavy atom. The lowest BCUT2D eigenvalue weighted by atomic mass is 10.2. The minimum absolute atomic E-state index is 0. The zero-order chi connectivity index (χ0) is 7.40. The lowest BCUT2D eigenvalue weighted by Gasteiger charge is -2.05. The first-order chi connectivity index (χ1) is 4.84. The molecule has 0 unspecified atom stereocenters. The molecule has 0 aromatic carbocycles. The summed E-state index contributed by atoms with van der Waals surface area (Å²) in [7, 11) is 0. The van der Waals surface area contributed by atoms with E-state index in [0.29, 0.717) is 0 Å². The molecule has 0 aliphatic rings. The fraction of sp³-hybridized carbons (Fsp3) is 0.286. The van der Waals surface area contributed by atoms with Crippen LogP contribution < -0.4 is 5.90 Å². The molecular weight excluding hydrogens is 199 g/mol. The van der Waals surface area contributed by atoms with Gasteiger partial charge in [-0.05, 0) is 19.1 Å². The van der Waals surface area contributed by atoms with Gasteiger partial charge in [-0.15, -0.1) is 24.8 Å². The van der Waals surface area contributed by atoms with Crippen LogP contribution in [0.3, 0.4) is 0 Å². The number of nitrogens with zero attached hydrogens (tertiary/aromatic N) is 1. The van der Waals surface area contributed by atoms with E-state index in [1.54, 1.807) is 6.20 Å². The van der Waals surface area contributed by atoms with Crippen LogP contribution in [-0.4, -0.2) is 4.98 Å². The van der Waals surface area contributed by atoms with Crippen LogP contribution in [0.4, 0.5) is 0 Å². The fourth-order valence-electron chi connectivity index (χ4n) is 0.686. The van der Waals surface area contributed by atoms with Crippen molar-refractivity contribution in [3.05, 3.63) is 30.1 Å². The largest absolute Gasteiger partial charge is 0.295 e. The molecule has 0 aliphatic heterocycles. The standard InChI is InChI=1S/C7H10N2O.2ClH/c1-6(10-8)7-4-2-3-5-9-7;;/h2-6H,8H2,1H3;2*1H/t6-;;/m0../s1. The van der Waals surface area contributed by atoms with Crippen molar-refractivity contribution >= 4 is 24.8 Å². The van der Waals surface area contributed by atoms with Crippen molar-refractivity contribution in [2.75, 3.05) is 0 Å². The zero-order valence-corrected chi connectivity index (χ0v) is 8.27. The number of rotatable bonds is 2. The van der Waals surface area contributed by atoms with Gasteiger partial charge in [0.1, 0.15) is 6.10 Å². The molecule has 0 spiro atoms. The van der Waals surface area contributed by atoms with E-state index in [-0.39, 0.29) is 30.9 Å². The summed E-state index contributed by atoms with van der Waals surface area (Å²) in [5, 5.41) is 0. The van der Waals surface area contributed by atoms with E-state index < -0.39 is 0 Å². The SMILES string of the molecule is C[C@H](ON)c1ccccn1.Cl.Cl. The van der Waals surface area contributed by atoms with Crippen LogP contribution in [0.15, 0.2) is 24.4 Å². The molecule has 1 aromatic heterocycles. The van der Waals surface area contributed by atoms with E-state index in [4.69, 9.17) is 5.90 Å². The maximum atomic E-state index is 4.96. The molecule has 1 heterocycles. The van der Waals surface area contributed by atoms with Crippen LogP contribution in [0.25, 0.3) is 0 Å². The Balaban J connectivity index is 0. The van der Waals surface area contributed by atoms with Gasteiger partial charge in [-0.3, -0.25) is 9.82 Å². The number of nitrogens with two attached hydrogens (primary N) is 1. The van der Waals surface area contributed by atoms with Gasteiger partial charge in [-0.2, -0.15) is 0 Å². The summed E-state index contributed by atoms with van der Waals surface area (Å²) >= 11 is 0. The highest BCUT2D eigenvalue weighted by atomic mass is 35.5. The number of pyridine rings is 1. The maximum Gasteiger partial charge on any atom is 0.118 e. The molecule has 12 heavy (non-hydrogen) atoms. The van der Waals surface area contributed by atoms with Gasteiger partial charge < -0.3 is 0 Å². The monoisotopic (exact) mass is 210 g/mol. The summed E-state index contributed by atoms with van der Waals surface area (Å²) in [5.41, 5.74) is 0.852. The van der Waals surface area contributed by atoms with Crippen LogP contribution in [0.2, 0.25) is 0 Å². The molecule has 0 bridgehead atoms.